The first-order valence-corrected chi connectivity index (χ1v) is 5.64. The molecule has 0 spiro atoms. The molecule has 2 nitrogen and oxygen atoms in total. The Balaban J connectivity index is 3.68. The summed E-state index contributed by atoms with van der Waals surface area (Å²) in [4.78, 5) is 0. The van der Waals surface area contributed by atoms with Gasteiger partial charge in [-0.3, -0.25) is 0 Å². The fourth-order valence-electron chi connectivity index (χ4n) is 1.52. The van der Waals surface area contributed by atoms with Gasteiger partial charge in [0.15, 0.2) is 0 Å². The third kappa shape index (κ3) is 7.10. The summed E-state index contributed by atoms with van der Waals surface area (Å²) < 4.78 is 0. The summed E-state index contributed by atoms with van der Waals surface area (Å²) in [7, 11) is 2.00. The SMILES string of the molecule is C=C(C)C(CCCCNC)NC(C)C. The van der Waals surface area contributed by atoms with Crippen molar-refractivity contribution in [3.05, 3.63) is 12.2 Å². The molecule has 0 heterocycles. The van der Waals surface area contributed by atoms with Crippen molar-refractivity contribution >= 4 is 0 Å². The van der Waals surface area contributed by atoms with Gasteiger partial charge in [0, 0.05) is 12.1 Å². The number of hydrogen-bond acceptors (Lipinski definition) is 2. The average molecular weight is 198 g/mol. The Morgan fingerprint density at radius 1 is 1.29 bits per heavy atom. The van der Waals surface area contributed by atoms with E-state index in [0.29, 0.717) is 12.1 Å². The molecule has 0 saturated heterocycles. The second-order valence-electron chi connectivity index (χ2n) is 4.32. The summed E-state index contributed by atoms with van der Waals surface area (Å²) in [6, 6.07) is 1.04. The van der Waals surface area contributed by atoms with E-state index < -0.39 is 0 Å². The summed E-state index contributed by atoms with van der Waals surface area (Å²) in [5, 5.41) is 6.70. The van der Waals surface area contributed by atoms with Crippen molar-refractivity contribution in [2.45, 2.75) is 52.1 Å². The fraction of sp³-hybridized carbons (Fsp3) is 0.833. The molecular weight excluding hydrogens is 172 g/mol. The Labute approximate surface area is 89.2 Å². The molecule has 0 saturated carbocycles. The van der Waals surface area contributed by atoms with Gasteiger partial charge in [-0.15, -0.1) is 0 Å². The van der Waals surface area contributed by atoms with Crippen molar-refractivity contribution in [2.75, 3.05) is 13.6 Å². The first-order valence-electron chi connectivity index (χ1n) is 5.64. The quantitative estimate of drug-likeness (QED) is 0.462. The fourth-order valence-corrected chi connectivity index (χ4v) is 1.52. The molecule has 1 unspecified atom stereocenters. The van der Waals surface area contributed by atoms with E-state index in [9.17, 15) is 0 Å². The second-order valence-corrected chi connectivity index (χ2v) is 4.32. The van der Waals surface area contributed by atoms with E-state index >= 15 is 0 Å². The maximum absolute atomic E-state index is 4.03. The molecule has 0 aliphatic rings. The number of hydrogen-bond donors (Lipinski definition) is 2. The van der Waals surface area contributed by atoms with Gasteiger partial charge in [0.05, 0.1) is 0 Å². The van der Waals surface area contributed by atoms with Crippen LogP contribution in [0.25, 0.3) is 0 Å². The van der Waals surface area contributed by atoms with Gasteiger partial charge in [-0.1, -0.05) is 32.4 Å². The highest BCUT2D eigenvalue weighted by molar-refractivity contribution is 5.01. The molecule has 0 aromatic heterocycles. The largest absolute Gasteiger partial charge is 0.320 e. The topological polar surface area (TPSA) is 24.1 Å². The van der Waals surface area contributed by atoms with Crippen molar-refractivity contribution in [2.24, 2.45) is 0 Å². The molecule has 0 radical (unpaired) electrons. The van der Waals surface area contributed by atoms with E-state index in [4.69, 9.17) is 0 Å². The lowest BCUT2D eigenvalue weighted by atomic mass is 10.0. The van der Waals surface area contributed by atoms with Crippen molar-refractivity contribution in [3.63, 3.8) is 0 Å². The third-order valence-electron chi connectivity index (χ3n) is 2.30. The van der Waals surface area contributed by atoms with Crippen LogP contribution < -0.4 is 10.6 Å². The normalized spacial score (nSPS) is 13.2. The molecule has 0 rings (SSSR count). The first kappa shape index (κ1) is 13.7. The van der Waals surface area contributed by atoms with Crippen molar-refractivity contribution in [1.82, 2.24) is 10.6 Å². The zero-order valence-electron chi connectivity index (χ0n) is 10.2. The Morgan fingerprint density at radius 3 is 2.36 bits per heavy atom. The molecule has 2 heteroatoms. The Hall–Kier alpha value is -0.340. The molecule has 0 amide bonds. The Morgan fingerprint density at radius 2 is 1.93 bits per heavy atom. The van der Waals surface area contributed by atoms with Gasteiger partial charge in [0.25, 0.3) is 0 Å². The van der Waals surface area contributed by atoms with Crippen LogP contribution in [0.2, 0.25) is 0 Å². The molecule has 0 bridgehead atoms. The van der Waals surface area contributed by atoms with E-state index in [-0.39, 0.29) is 0 Å². The molecule has 84 valence electrons. The van der Waals surface area contributed by atoms with Crippen LogP contribution in [0.1, 0.15) is 40.0 Å². The van der Waals surface area contributed by atoms with Gasteiger partial charge >= 0.3 is 0 Å². The molecule has 2 N–H and O–H groups in total. The van der Waals surface area contributed by atoms with Crippen LogP contribution in [0.15, 0.2) is 12.2 Å². The Bertz CT molecular complexity index is 152. The minimum absolute atomic E-state index is 0.492. The lowest BCUT2D eigenvalue weighted by molar-refractivity contribution is 0.464. The van der Waals surface area contributed by atoms with Gasteiger partial charge in [0.2, 0.25) is 0 Å². The van der Waals surface area contributed by atoms with Crippen molar-refractivity contribution < 1.29 is 0 Å². The standard InChI is InChI=1S/C12H26N2/c1-10(2)12(14-11(3)4)8-6-7-9-13-5/h11-14H,1,6-9H2,2-5H3. The Kier molecular flexibility index (Phi) is 7.81. The predicted molar refractivity (Wildman–Crippen MR) is 64.7 cm³/mol. The third-order valence-corrected chi connectivity index (χ3v) is 2.30. The summed E-state index contributed by atoms with van der Waals surface area (Å²) in [6.07, 6.45) is 3.72. The summed E-state index contributed by atoms with van der Waals surface area (Å²) in [5.41, 5.74) is 1.25. The molecular formula is C12H26N2. The van der Waals surface area contributed by atoms with Gasteiger partial charge in [0.1, 0.15) is 0 Å². The summed E-state index contributed by atoms with van der Waals surface area (Å²) in [5.74, 6) is 0. The summed E-state index contributed by atoms with van der Waals surface area (Å²) in [6.45, 7) is 11.6. The molecule has 0 aliphatic heterocycles. The zero-order chi connectivity index (χ0) is 11.0. The molecule has 0 aromatic carbocycles. The van der Waals surface area contributed by atoms with Gasteiger partial charge in [-0.2, -0.15) is 0 Å². The molecule has 0 aromatic rings. The highest BCUT2D eigenvalue weighted by Gasteiger charge is 2.09. The molecule has 0 aliphatic carbocycles. The predicted octanol–water partition coefficient (Wildman–Crippen LogP) is 2.32. The molecule has 0 fully saturated rings. The molecule has 14 heavy (non-hydrogen) atoms. The van der Waals surface area contributed by atoms with Crippen LogP contribution in [0.3, 0.4) is 0 Å². The first-order chi connectivity index (χ1) is 6.57. The van der Waals surface area contributed by atoms with Crippen LogP contribution >= 0.6 is 0 Å². The smallest absolute Gasteiger partial charge is 0.0276 e. The van der Waals surface area contributed by atoms with Crippen molar-refractivity contribution in [1.29, 1.82) is 0 Å². The van der Waals surface area contributed by atoms with Gasteiger partial charge in [-0.05, 0) is 33.4 Å². The van der Waals surface area contributed by atoms with Crippen LogP contribution in [0.5, 0.6) is 0 Å². The minimum Gasteiger partial charge on any atom is -0.320 e. The number of nitrogens with one attached hydrogen (secondary N) is 2. The van der Waals surface area contributed by atoms with E-state index in [0.717, 1.165) is 6.54 Å². The summed E-state index contributed by atoms with van der Waals surface area (Å²) >= 11 is 0. The van der Waals surface area contributed by atoms with Crippen LogP contribution in [0, 0.1) is 0 Å². The van der Waals surface area contributed by atoms with Crippen LogP contribution in [-0.4, -0.2) is 25.7 Å². The lowest BCUT2D eigenvalue weighted by Crippen LogP contribution is -2.35. The minimum atomic E-state index is 0.492. The van der Waals surface area contributed by atoms with E-state index in [1.54, 1.807) is 0 Å². The highest BCUT2D eigenvalue weighted by Crippen LogP contribution is 2.08. The van der Waals surface area contributed by atoms with Crippen LogP contribution in [0.4, 0.5) is 0 Å². The maximum atomic E-state index is 4.03. The second kappa shape index (κ2) is 8.01. The highest BCUT2D eigenvalue weighted by atomic mass is 14.9. The van der Waals surface area contributed by atoms with Gasteiger partial charge < -0.3 is 10.6 Å². The van der Waals surface area contributed by atoms with E-state index in [2.05, 4.69) is 38.0 Å². The average Bonchev–Trinajstić information content (AvgIpc) is 2.09. The van der Waals surface area contributed by atoms with E-state index in [1.165, 1.54) is 24.8 Å². The van der Waals surface area contributed by atoms with E-state index in [1.807, 2.05) is 7.05 Å². The maximum Gasteiger partial charge on any atom is 0.0276 e. The number of rotatable bonds is 8. The zero-order valence-corrected chi connectivity index (χ0v) is 10.2. The molecule has 1 atom stereocenters. The monoisotopic (exact) mass is 198 g/mol. The van der Waals surface area contributed by atoms with Crippen LogP contribution in [-0.2, 0) is 0 Å². The lowest BCUT2D eigenvalue weighted by Gasteiger charge is -2.21. The van der Waals surface area contributed by atoms with Crippen molar-refractivity contribution in [3.8, 4) is 0 Å². The number of unbranched alkanes of at least 4 members (excludes halogenated alkanes) is 1. The van der Waals surface area contributed by atoms with Gasteiger partial charge in [-0.25, -0.2) is 0 Å².